The third kappa shape index (κ3) is 3.17. The van der Waals surface area contributed by atoms with Gasteiger partial charge < -0.3 is 8.82 Å². The Morgan fingerprint density at radius 3 is 1.79 bits per heavy atom. The van der Waals surface area contributed by atoms with Gasteiger partial charge in [-0.1, -0.05) is 36.4 Å². The number of hydrogen-bond donors (Lipinski definition) is 0. The maximum Gasteiger partial charge on any atom is 0.166 e. The van der Waals surface area contributed by atoms with Crippen LogP contribution in [0.5, 0.6) is 0 Å². The summed E-state index contributed by atoms with van der Waals surface area (Å²) in [5.74, 6) is 1.79. The Hall–Kier alpha value is -4.96. The van der Waals surface area contributed by atoms with Gasteiger partial charge in [0.15, 0.2) is 11.6 Å². The average molecular weight is 624 g/mol. The zero-order chi connectivity index (χ0) is 31.4. The number of hydrogen-bond acceptors (Lipinski definition) is 3. The summed E-state index contributed by atoms with van der Waals surface area (Å²) in [5.41, 5.74) is 11.7. The lowest BCUT2D eigenvalue weighted by Gasteiger charge is -2.22. The molecule has 0 spiro atoms. The predicted molar refractivity (Wildman–Crippen MR) is 192 cm³/mol. The van der Waals surface area contributed by atoms with Crippen molar-refractivity contribution in [2.75, 3.05) is 0 Å². The van der Waals surface area contributed by atoms with Crippen LogP contribution in [-0.4, -0.2) is 16.0 Å². The number of nitrogens with zero attached hydrogens (tertiary/aromatic N) is 1. The third-order valence-corrected chi connectivity index (χ3v) is 13.1. The van der Waals surface area contributed by atoms with Crippen molar-refractivity contribution >= 4 is 71.6 Å². The van der Waals surface area contributed by atoms with Gasteiger partial charge in [-0.15, -0.1) is 0 Å². The number of benzene rings is 5. The number of carbonyl (C=O) groups is 2. The molecule has 0 radical (unpaired) electrons. The second-order valence-electron chi connectivity index (χ2n) is 15.3. The van der Waals surface area contributed by atoms with E-state index in [1.165, 1.54) is 27.5 Å². The number of carbonyl (C=O) groups excluding carboxylic acids is 2. The van der Waals surface area contributed by atoms with E-state index in [0.717, 1.165) is 117 Å². The summed E-state index contributed by atoms with van der Waals surface area (Å²) in [7, 11) is 0. The van der Waals surface area contributed by atoms with E-state index in [1.807, 2.05) is 6.07 Å². The van der Waals surface area contributed by atoms with Crippen molar-refractivity contribution in [2.24, 2.45) is 11.8 Å². The molecule has 2 saturated carbocycles. The molecule has 2 fully saturated rings. The van der Waals surface area contributed by atoms with Crippen molar-refractivity contribution in [3.05, 3.63) is 101 Å². The number of furan rings is 1. The van der Waals surface area contributed by atoms with Crippen LogP contribution in [0.1, 0.15) is 95.0 Å². The number of rotatable bonds is 1. The molecule has 3 aromatic heterocycles. The van der Waals surface area contributed by atoms with Crippen molar-refractivity contribution in [2.45, 2.75) is 63.2 Å². The van der Waals surface area contributed by atoms with Gasteiger partial charge in [-0.25, -0.2) is 0 Å². The molecular formula is C44H33NO3. The SMILES string of the molecule is O=C1c2cc3c(cc2C2CCC1CC2)c1cc2c4ccc(-c5ccccc5)cc4oc2c2c4cc5c(cc4n3c12)C(=O)C1CCC5CC1. The zero-order valence-electron chi connectivity index (χ0n) is 26.6. The van der Waals surface area contributed by atoms with Crippen LogP contribution < -0.4 is 0 Å². The molecule has 8 aromatic rings. The molecule has 14 rings (SSSR count). The van der Waals surface area contributed by atoms with E-state index < -0.39 is 0 Å². The molecule has 232 valence electrons. The molecule has 0 atom stereocenters. The maximum absolute atomic E-state index is 14.0. The van der Waals surface area contributed by atoms with Crippen molar-refractivity contribution in [1.82, 2.24) is 4.40 Å². The molecule has 3 heterocycles. The Morgan fingerprint density at radius 1 is 0.521 bits per heavy atom. The van der Waals surface area contributed by atoms with Crippen LogP contribution in [0.4, 0.5) is 0 Å². The fourth-order valence-corrected chi connectivity index (χ4v) is 10.6. The van der Waals surface area contributed by atoms with Gasteiger partial charge in [0.05, 0.1) is 21.9 Å². The first-order valence-electron chi connectivity index (χ1n) is 17.9. The fourth-order valence-electron chi connectivity index (χ4n) is 10.6. The third-order valence-electron chi connectivity index (χ3n) is 13.1. The van der Waals surface area contributed by atoms with Crippen LogP contribution in [0.2, 0.25) is 0 Å². The van der Waals surface area contributed by atoms with Gasteiger partial charge >= 0.3 is 0 Å². The van der Waals surface area contributed by atoms with Gasteiger partial charge in [-0.05, 0) is 128 Å². The molecule has 0 aliphatic heterocycles. The first-order chi connectivity index (χ1) is 23.6. The van der Waals surface area contributed by atoms with Crippen LogP contribution in [-0.2, 0) is 0 Å². The Balaban J connectivity index is 1.25. The molecular weight excluding hydrogens is 590 g/mol. The van der Waals surface area contributed by atoms with Crippen molar-refractivity contribution in [3.63, 3.8) is 0 Å². The highest BCUT2D eigenvalue weighted by atomic mass is 16.3. The Bertz CT molecular complexity index is 2730. The summed E-state index contributed by atoms with van der Waals surface area (Å²) in [4.78, 5) is 27.9. The van der Waals surface area contributed by atoms with Gasteiger partial charge in [0.1, 0.15) is 11.2 Å². The first-order valence-corrected chi connectivity index (χ1v) is 17.9. The minimum Gasteiger partial charge on any atom is -0.455 e. The largest absolute Gasteiger partial charge is 0.455 e. The molecule has 4 nitrogen and oxygen atoms in total. The molecule has 5 aromatic carbocycles. The second kappa shape index (κ2) is 8.93. The van der Waals surface area contributed by atoms with E-state index in [-0.39, 0.29) is 11.8 Å². The van der Waals surface area contributed by atoms with Crippen LogP contribution in [0.3, 0.4) is 0 Å². The summed E-state index contributed by atoms with van der Waals surface area (Å²) in [6.07, 6.45) is 8.34. The van der Waals surface area contributed by atoms with E-state index >= 15 is 0 Å². The fraction of sp³-hybridized carbons (Fsp3) is 0.273. The maximum atomic E-state index is 14.0. The van der Waals surface area contributed by atoms with Gasteiger partial charge in [0.25, 0.3) is 0 Å². The van der Waals surface area contributed by atoms with Crippen LogP contribution in [0.25, 0.3) is 71.2 Å². The number of fused-ring (bicyclic) bond motifs is 14. The van der Waals surface area contributed by atoms with Crippen molar-refractivity contribution < 1.29 is 14.0 Å². The van der Waals surface area contributed by atoms with Crippen molar-refractivity contribution in [3.8, 4) is 11.1 Å². The summed E-state index contributed by atoms with van der Waals surface area (Å²) >= 11 is 0. The lowest BCUT2D eigenvalue weighted by atomic mass is 9.82. The molecule has 0 amide bonds. The minimum absolute atomic E-state index is 0.135. The highest BCUT2D eigenvalue weighted by molar-refractivity contribution is 6.33. The van der Waals surface area contributed by atoms with Crippen molar-refractivity contribution in [1.29, 1.82) is 0 Å². The molecule has 0 unspecified atom stereocenters. The second-order valence-corrected chi connectivity index (χ2v) is 15.3. The van der Waals surface area contributed by atoms with E-state index in [1.54, 1.807) is 0 Å². The Labute approximate surface area is 276 Å². The molecule has 48 heavy (non-hydrogen) atoms. The summed E-state index contributed by atoms with van der Waals surface area (Å²) in [6, 6.07) is 28.6. The van der Waals surface area contributed by atoms with Gasteiger partial charge in [0, 0.05) is 49.9 Å². The van der Waals surface area contributed by atoms with Gasteiger partial charge in [-0.3, -0.25) is 9.59 Å². The number of aromatic nitrogens is 1. The molecule has 4 bridgehead atoms. The minimum atomic E-state index is 0.135. The number of Topliss-reactive ketones (excluding diaryl/α,β-unsaturated/α-hetero) is 2. The van der Waals surface area contributed by atoms with E-state index in [0.29, 0.717) is 23.4 Å². The van der Waals surface area contributed by atoms with Crippen LogP contribution in [0, 0.1) is 11.8 Å². The van der Waals surface area contributed by atoms with Gasteiger partial charge in [-0.2, -0.15) is 0 Å². The zero-order valence-corrected chi connectivity index (χ0v) is 26.6. The monoisotopic (exact) mass is 623 g/mol. The topological polar surface area (TPSA) is 51.7 Å². The van der Waals surface area contributed by atoms with Crippen LogP contribution >= 0.6 is 0 Å². The molecule has 6 aliphatic carbocycles. The first kappa shape index (κ1) is 26.0. The van der Waals surface area contributed by atoms with E-state index in [4.69, 9.17) is 4.42 Å². The lowest BCUT2D eigenvalue weighted by Crippen LogP contribution is -2.15. The number of ketones is 2. The smallest absolute Gasteiger partial charge is 0.166 e. The highest BCUT2D eigenvalue weighted by Gasteiger charge is 2.38. The Morgan fingerprint density at radius 2 is 1.12 bits per heavy atom. The van der Waals surface area contributed by atoms with Gasteiger partial charge in [0.2, 0.25) is 0 Å². The highest BCUT2D eigenvalue weighted by Crippen LogP contribution is 2.51. The Kier molecular flexibility index (Phi) is 4.85. The average Bonchev–Trinajstić information content (AvgIpc) is 3.66. The summed E-state index contributed by atoms with van der Waals surface area (Å²) in [5, 5.41) is 6.93. The lowest BCUT2D eigenvalue weighted by molar-refractivity contribution is 0.0891. The van der Waals surface area contributed by atoms with E-state index in [9.17, 15) is 9.59 Å². The molecule has 6 aliphatic rings. The summed E-state index contributed by atoms with van der Waals surface area (Å²) in [6.45, 7) is 0. The molecule has 0 saturated heterocycles. The molecule has 0 N–H and O–H groups in total. The van der Waals surface area contributed by atoms with Crippen LogP contribution in [0.15, 0.2) is 83.3 Å². The standard InChI is InChI=1S/C44H33NO3/c46-42-25-10-6-23(7-11-25)29-17-31-32-19-35-28-15-14-27(22-4-2-1-3-5-22)16-39(28)48-44(35)40-36-18-30-24-8-12-26(13-9-24)43(47)34(30)21-38(36)45(41(32)40)37(31)20-33(29)42/h1-5,14-21,23-26H,6-13H2. The van der Waals surface area contributed by atoms with E-state index in [2.05, 4.69) is 77.2 Å². The quantitative estimate of drug-likeness (QED) is 0.183. The summed E-state index contributed by atoms with van der Waals surface area (Å²) < 4.78 is 9.29. The predicted octanol–water partition coefficient (Wildman–Crippen LogP) is 11.3. The normalized spacial score (nSPS) is 23.7. The molecule has 4 heteroatoms.